The van der Waals surface area contributed by atoms with Gasteiger partial charge in [0.1, 0.15) is 4.34 Å². The molecule has 1 rings (SSSR count). The summed E-state index contributed by atoms with van der Waals surface area (Å²) in [5.74, 6) is 1.55. The number of hydrogen-bond donors (Lipinski definition) is 0. The molecule has 0 amide bonds. The molecule has 0 aliphatic heterocycles. The zero-order valence-corrected chi connectivity index (χ0v) is 9.18. The normalized spacial score (nSPS) is 11.2. The molecule has 1 aromatic rings. The Kier molecular flexibility index (Phi) is 4.73. The number of thiazole rings is 1. The molecule has 1 aromatic heterocycles. The highest BCUT2D eigenvalue weighted by molar-refractivity contribution is 8.01. The predicted octanol–water partition coefficient (Wildman–Crippen LogP) is 3.34. The molecule has 0 aliphatic rings. The molecule has 0 aliphatic carbocycles. The van der Waals surface area contributed by atoms with Crippen molar-refractivity contribution in [3.05, 3.63) is 23.2 Å². The number of rotatable bonds is 4. The topological polar surface area (TPSA) is 12.9 Å². The van der Waals surface area contributed by atoms with Crippen LogP contribution in [0.1, 0.15) is 5.69 Å². The highest BCUT2D eigenvalue weighted by Crippen LogP contribution is 2.21. The van der Waals surface area contributed by atoms with Gasteiger partial charge < -0.3 is 0 Å². The molecule has 12 heavy (non-hydrogen) atoms. The lowest BCUT2D eigenvalue weighted by atomic mass is 10.6. The summed E-state index contributed by atoms with van der Waals surface area (Å²) in [4.78, 5) is 4.32. The van der Waals surface area contributed by atoms with Crippen LogP contribution in [-0.2, 0) is 0 Å². The summed E-state index contributed by atoms with van der Waals surface area (Å²) >= 11 is 8.91. The van der Waals surface area contributed by atoms with Crippen molar-refractivity contribution >= 4 is 34.7 Å². The van der Waals surface area contributed by atoms with Gasteiger partial charge in [0.2, 0.25) is 0 Å². The molecular formula is C8H10ClNS2. The molecule has 0 spiro atoms. The van der Waals surface area contributed by atoms with Gasteiger partial charge in [0, 0.05) is 22.7 Å². The van der Waals surface area contributed by atoms with E-state index < -0.39 is 0 Å². The van der Waals surface area contributed by atoms with E-state index in [9.17, 15) is 0 Å². The molecule has 66 valence electrons. The molecule has 4 heteroatoms. The molecule has 0 saturated carbocycles. The van der Waals surface area contributed by atoms with E-state index in [1.54, 1.807) is 23.1 Å². The number of halogens is 1. The summed E-state index contributed by atoms with van der Waals surface area (Å²) in [5, 5.41) is 2.06. The zero-order valence-electron chi connectivity index (χ0n) is 6.79. The Bertz CT molecular complexity index is 257. The molecule has 0 fully saturated rings. The summed E-state index contributed by atoms with van der Waals surface area (Å²) in [5.41, 5.74) is 1.10. The minimum atomic E-state index is 0.595. The van der Waals surface area contributed by atoms with Gasteiger partial charge in [0.15, 0.2) is 0 Å². The minimum Gasteiger partial charge on any atom is -0.235 e. The monoisotopic (exact) mass is 219 g/mol. The Morgan fingerprint density at radius 2 is 2.50 bits per heavy atom. The number of thioether (sulfide) groups is 1. The van der Waals surface area contributed by atoms with Crippen molar-refractivity contribution in [2.45, 2.75) is 11.3 Å². The first-order chi connectivity index (χ1) is 5.83. The summed E-state index contributed by atoms with van der Waals surface area (Å²) in [6.45, 7) is 2.01. The minimum absolute atomic E-state index is 0.595. The maximum absolute atomic E-state index is 5.48. The van der Waals surface area contributed by atoms with Crippen LogP contribution in [0.3, 0.4) is 0 Å². The number of aromatic nitrogens is 1. The number of hydrogen-bond acceptors (Lipinski definition) is 3. The molecule has 1 nitrogen and oxygen atoms in total. The van der Waals surface area contributed by atoms with E-state index in [0.717, 1.165) is 15.8 Å². The maximum Gasteiger partial charge on any atom is 0.150 e. The van der Waals surface area contributed by atoms with E-state index in [1.165, 1.54) is 0 Å². The standard InChI is InChI=1S/C8H10ClNS2/c1-7-6-12-8(10-7)11-5-3-2-4-9/h2-3,6H,4-5H2,1H3. The van der Waals surface area contributed by atoms with Crippen molar-refractivity contribution in [2.75, 3.05) is 11.6 Å². The van der Waals surface area contributed by atoms with Crippen LogP contribution in [-0.4, -0.2) is 16.6 Å². The van der Waals surface area contributed by atoms with E-state index in [1.807, 2.05) is 13.0 Å². The second-order valence-corrected chi connectivity index (χ2v) is 4.63. The summed E-state index contributed by atoms with van der Waals surface area (Å²) in [7, 11) is 0. The number of nitrogens with zero attached hydrogens (tertiary/aromatic N) is 1. The average molecular weight is 220 g/mol. The van der Waals surface area contributed by atoms with Crippen LogP contribution in [0.5, 0.6) is 0 Å². The van der Waals surface area contributed by atoms with E-state index in [-0.39, 0.29) is 0 Å². The lowest BCUT2D eigenvalue weighted by Gasteiger charge is -1.88. The van der Waals surface area contributed by atoms with E-state index >= 15 is 0 Å². The van der Waals surface area contributed by atoms with Crippen molar-refractivity contribution in [2.24, 2.45) is 0 Å². The smallest absolute Gasteiger partial charge is 0.150 e. The van der Waals surface area contributed by atoms with Crippen molar-refractivity contribution in [1.82, 2.24) is 4.98 Å². The highest BCUT2D eigenvalue weighted by Gasteiger charge is 1.95. The molecule has 0 N–H and O–H groups in total. The Morgan fingerprint density at radius 3 is 3.08 bits per heavy atom. The summed E-state index contributed by atoms with van der Waals surface area (Å²) in [6.07, 6.45) is 4.02. The van der Waals surface area contributed by atoms with Crippen LogP contribution in [0.25, 0.3) is 0 Å². The fraction of sp³-hybridized carbons (Fsp3) is 0.375. The first-order valence-corrected chi connectivity index (χ1v) is 5.99. The SMILES string of the molecule is Cc1csc(SCC=CCCl)n1. The van der Waals surface area contributed by atoms with Crippen molar-refractivity contribution in [1.29, 1.82) is 0 Å². The van der Waals surface area contributed by atoms with E-state index in [0.29, 0.717) is 5.88 Å². The van der Waals surface area contributed by atoms with Crippen molar-refractivity contribution in [3.8, 4) is 0 Å². The summed E-state index contributed by atoms with van der Waals surface area (Å²) < 4.78 is 1.13. The fourth-order valence-corrected chi connectivity index (χ4v) is 2.50. The Morgan fingerprint density at radius 1 is 1.67 bits per heavy atom. The molecule has 1 heterocycles. The first kappa shape index (κ1) is 10.1. The third-order valence-corrected chi connectivity index (χ3v) is 3.43. The fourth-order valence-electron chi connectivity index (χ4n) is 0.649. The van der Waals surface area contributed by atoms with Crippen LogP contribution in [0.4, 0.5) is 0 Å². The Hall–Kier alpha value is 0.01000. The van der Waals surface area contributed by atoms with Gasteiger partial charge in [-0.1, -0.05) is 23.9 Å². The molecule has 0 bridgehead atoms. The lowest BCUT2D eigenvalue weighted by Crippen LogP contribution is -1.73. The number of aryl methyl sites for hydroxylation is 1. The Labute approximate surface area is 85.9 Å². The Balaban J connectivity index is 2.28. The zero-order chi connectivity index (χ0) is 8.81. The quantitative estimate of drug-likeness (QED) is 0.438. The van der Waals surface area contributed by atoms with Crippen molar-refractivity contribution < 1.29 is 0 Å². The molecule has 0 saturated heterocycles. The van der Waals surface area contributed by atoms with Crippen LogP contribution < -0.4 is 0 Å². The van der Waals surface area contributed by atoms with Gasteiger partial charge in [0.25, 0.3) is 0 Å². The lowest BCUT2D eigenvalue weighted by molar-refractivity contribution is 1.16. The first-order valence-electron chi connectivity index (χ1n) is 3.59. The molecular weight excluding hydrogens is 210 g/mol. The highest BCUT2D eigenvalue weighted by atomic mass is 35.5. The van der Waals surface area contributed by atoms with Crippen LogP contribution in [0.2, 0.25) is 0 Å². The summed E-state index contributed by atoms with van der Waals surface area (Å²) in [6, 6.07) is 0. The molecule has 0 atom stereocenters. The largest absolute Gasteiger partial charge is 0.235 e. The second kappa shape index (κ2) is 5.62. The van der Waals surface area contributed by atoms with Crippen LogP contribution >= 0.6 is 34.7 Å². The van der Waals surface area contributed by atoms with E-state index in [4.69, 9.17) is 11.6 Å². The number of alkyl halides is 1. The van der Waals surface area contributed by atoms with Crippen LogP contribution in [0, 0.1) is 6.92 Å². The van der Waals surface area contributed by atoms with E-state index in [2.05, 4.69) is 16.4 Å². The molecule has 0 unspecified atom stereocenters. The third-order valence-electron chi connectivity index (χ3n) is 1.16. The van der Waals surface area contributed by atoms with Gasteiger partial charge in [-0.2, -0.15) is 0 Å². The van der Waals surface area contributed by atoms with Gasteiger partial charge in [-0.3, -0.25) is 0 Å². The average Bonchev–Trinajstić information content (AvgIpc) is 2.45. The molecule has 0 aromatic carbocycles. The van der Waals surface area contributed by atoms with Gasteiger partial charge >= 0.3 is 0 Å². The third kappa shape index (κ3) is 3.61. The van der Waals surface area contributed by atoms with Crippen molar-refractivity contribution in [3.63, 3.8) is 0 Å². The second-order valence-electron chi connectivity index (χ2n) is 2.19. The van der Waals surface area contributed by atoms with Gasteiger partial charge in [-0.05, 0) is 6.92 Å². The van der Waals surface area contributed by atoms with Crippen LogP contribution in [0.15, 0.2) is 21.9 Å². The molecule has 0 radical (unpaired) electrons. The number of allylic oxidation sites excluding steroid dienone is 1. The maximum atomic E-state index is 5.48. The predicted molar refractivity (Wildman–Crippen MR) is 57.4 cm³/mol. The van der Waals surface area contributed by atoms with Gasteiger partial charge in [-0.15, -0.1) is 22.9 Å². The van der Waals surface area contributed by atoms with Gasteiger partial charge in [-0.25, -0.2) is 4.98 Å². The van der Waals surface area contributed by atoms with Gasteiger partial charge in [0.05, 0.1) is 0 Å².